The molecule has 0 radical (unpaired) electrons. The van der Waals surface area contributed by atoms with Crippen molar-refractivity contribution in [2.45, 2.75) is 19.9 Å². The Morgan fingerprint density at radius 3 is 2.38 bits per heavy atom. The van der Waals surface area contributed by atoms with Crippen LogP contribution in [0.3, 0.4) is 0 Å². The highest BCUT2D eigenvalue weighted by molar-refractivity contribution is 6.30. The molecule has 3 nitrogen and oxygen atoms in total. The first-order valence-electron chi connectivity index (χ1n) is 6.65. The lowest BCUT2D eigenvalue weighted by Crippen LogP contribution is -2.31. The number of halogens is 2. The maximum Gasteiger partial charge on any atom is 0.253 e. The quantitative estimate of drug-likeness (QED) is 0.867. The molecule has 2 rings (SSSR count). The van der Waals surface area contributed by atoms with E-state index in [0.29, 0.717) is 10.6 Å². The smallest absolute Gasteiger partial charge is 0.253 e. The molecule has 2 aromatic rings. The number of nitrogens with one attached hydrogen (secondary N) is 1. The van der Waals surface area contributed by atoms with E-state index in [1.54, 1.807) is 12.1 Å². The highest BCUT2D eigenvalue weighted by Crippen LogP contribution is 2.23. The van der Waals surface area contributed by atoms with E-state index in [-0.39, 0.29) is 17.9 Å². The monoisotopic (exact) mass is 306 g/mol. The molecule has 0 saturated heterocycles. The van der Waals surface area contributed by atoms with Crippen molar-refractivity contribution in [1.82, 2.24) is 10.3 Å². The third kappa shape index (κ3) is 4.02. The minimum Gasteiger partial charge on any atom is -0.345 e. The summed E-state index contributed by atoms with van der Waals surface area (Å²) in [5.41, 5.74) is 1.30. The predicted molar refractivity (Wildman–Crippen MR) is 80.7 cm³/mol. The molecule has 110 valence electrons. The van der Waals surface area contributed by atoms with Crippen LogP contribution < -0.4 is 5.32 Å². The maximum absolute atomic E-state index is 12.8. The van der Waals surface area contributed by atoms with E-state index in [1.165, 1.54) is 18.3 Å². The molecule has 1 heterocycles. The summed E-state index contributed by atoms with van der Waals surface area (Å²) < 4.78 is 12.8. The van der Waals surface area contributed by atoms with Gasteiger partial charge in [0.15, 0.2) is 0 Å². The molecule has 5 heteroatoms. The predicted octanol–water partition coefficient (Wildman–Crippen LogP) is 4.00. The van der Waals surface area contributed by atoms with Crippen molar-refractivity contribution in [2.75, 3.05) is 0 Å². The Balaban J connectivity index is 2.18. The molecule has 0 spiro atoms. The van der Waals surface area contributed by atoms with E-state index < -0.39 is 5.95 Å². The van der Waals surface area contributed by atoms with Crippen LogP contribution in [0.4, 0.5) is 4.39 Å². The Hall–Kier alpha value is -1.94. The number of nitrogens with zero attached hydrogens (tertiary/aromatic N) is 1. The van der Waals surface area contributed by atoms with Gasteiger partial charge in [0.25, 0.3) is 5.91 Å². The average Bonchev–Trinajstić information content (AvgIpc) is 2.46. The molecule has 0 aliphatic heterocycles. The molecule has 1 amide bonds. The van der Waals surface area contributed by atoms with Gasteiger partial charge in [0.2, 0.25) is 5.95 Å². The van der Waals surface area contributed by atoms with Crippen LogP contribution in [0.25, 0.3) is 0 Å². The summed E-state index contributed by atoms with van der Waals surface area (Å²) in [6, 6.07) is 9.78. The first-order valence-corrected chi connectivity index (χ1v) is 7.03. The van der Waals surface area contributed by atoms with Crippen molar-refractivity contribution in [3.8, 4) is 0 Å². The molecule has 0 bridgehead atoms. The zero-order valence-electron chi connectivity index (χ0n) is 11.8. The molecule has 1 N–H and O–H groups in total. The van der Waals surface area contributed by atoms with Crippen molar-refractivity contribution in [3.63, 3.8) is 0 Å². The van der Waals surface area contributed by atoms with E-state index >= 15 is 0 Å². The van der Waals surface area contributed by atoms with Gasteiger partial charge in [-0.25, -0.2) is 4.98 Å². The van der Waals surface area contributed by atoms with Gasteiger partial charge in [0.1, 0.15) is 0 Å². The zero-order chi connectivity index (χ0) is 15.4. The number of hydrogen-bond acceptors (Lipinski definition) is 2. The lowest BCUT2D eigenvalue weighted by atomic mass is 9.96. The van der Waals surface area contributed by atoms with Crippen molar-refractivity contribution in [1.29, 1.82) is 0 Å². The van der Waals surface area contributed by atoms with Gasteiger partial charge in [-0.15, -0.1) is 0 Å². The number of rotatable bonds is 4. The van der Waals surface area contributed by atoms with E-state index in [1.807, 2.05) is 26.0 Å². The summed E-state index contributed by atoms with van der Waals surface area (Å²) in [6.45, 7) is 4.03. The first-order chi connectivity index (χ1) is 9.97. The van der Waals surface area contributed by atoms with Crippen LogP contribution in [0.5, 0.6) is 0 Å². The minimum absolute atomic E-state index is 0.153. The number of aromatic nitrogens is 1. The average molecular weight is 307 g/mol. The number of pyridine rings is 1. The Morgan fingerprint density at radius 1 is 1.19 bits per heavy atom. The van der Waals surface area contributed by atoms with E-state index in [9.17, 15) is 9.18 Å². The Labute approximate surface area is 128 Å². The van der Waals surface area contributed by atoms with Crippen LogP contribution >= 0.6 is 11.6 Å². The zero-order valence-corrected chi connectivity index (χ0v) is 12.6. The summed E-state index contributed by atoms with van der Waals surface area (Å²) in [6.07, 6.45) is 1.23. The van der Waals surface area contributed by atoms with Crippen LogP contribution in [0.1, 0.15) is 35.8 Å². The number of hydrogen-bond donors (Lipinski definition) is 1. The Morgan fingerprint density at radius 2 is 1.86 bits per heavy atom. The van der Waals surface area contributed by atoms with E-state index in [0.717, 1.165) is 5.56 Å². The summed E-state index contributed by atoms with van der Waals surface area (Å²) in [5.74, 6) is -0.690. The normalized spacial score (nSPS) is 12.2. The van der Waals surface area contributed by atoms with Gasteiger partial charge in [-0.3, -0.25) is 4.79 Å². The fourth-order valence-electron chi connectivity index (χ4n) is 2.04. The van der Waals surface area contributed by atoms with Crippen LogP contribution in [-0.4, -0.2) is 10.9 Å². The fraction of sp³-hybridized carbons (Fsp3) is 0.250. The molecule has 1 atom stereocenters. The maximum atomic E-state index is 12.8. The number of carbonyl (C=O) groups is 1. The molecule has 0 fully saturated rings. The lowest BCUT2D eigenvalue weighted by molar-refractivity contribution is 0.0925. The molecule has 0 aliphatic carbocycles. The van der Waals surface area contributed by atoms with E-state index in [2.05, 4.69) is 10.3 Å². The minimum atomic E-state index is -0.607. The number of carbonyl (C=O) groups excluding carboxylic acids is 1. The third-order valence-corrected chi connectivity index (χ3v) is 3.42. The van der Waals surface area contributed by atoms with Crippen molar-refractivity contribution in [3.05, 3.63) is 64.7 Å². The van der Waals surface area contributed by atoms with Crippen LogP contribution in [-0.2, 0) is 0 Å². The van der Waals surface area contributed by atoms with Gasteiger partial charge in [-0.1, -0.05) is 37.6 Å². The number of benzene rings is 1. The molecule has 1 aromatic carbocycles. The number of amides is 1. The largest absolute Gasteiger partial charge is 0.345 e. The van der Waals surface area contributed by atoms with Crippen molar-refractivity contribution >= 4 is 17.5 Å². The van der Waals surface area contributed by atoms with Crippen LogP contribution in [0.15, 0.2) is 42.6 Å². The van der Waals surface area contributed by atoms with Crippen molar-refractivity contribution < 1.29 is 9.18 Å². The Kier molecular flexibility index (Phi) is 4.91. The molecular formula is C16H16ClFN2O. The van der Waals surface area contributed by atoms with Gasteiger partial charge >= 0.3 is 0 Å². The molecule has 0 aliphatic rings. The fourth-order valence-corrected chi connectivity index (χ4v) is 2.17. The summed E-state index contributed by atoms with van der Waals surface area (Å²) in [4.78, 5) is 15.7. The molecule has 1 aromatic heterocycles. The van der Waals surface area contributed by atoms with Gasteiger partial charge in [-0.2, -0.15) is 4.39 Å². The summed E-state index contributed by atoms with van der Waals surface area (Å²) >= 11 is 5.88. The SMILES string of the molecule is CC(C)C(NC(=O)c1ccc(F)nc1)c1ccc(Cl)cc1. The lowest BCUT2D eigenvalue weighted by Gasteiger charge is -2.23. The van der Waals surface area contributed by atoms with Crippen molar-refractivity contribution in [2.24, 2.45) is 5.92 Å². The summed E-state index contributed by atoms with van der Waals surface area (Å²) in [5, 5.41) is 3.59. The van der Waals surface area contributed by atoms with Gasteiger partial charge in [0.05, 0.1) is 11.6 Å². The van der Waals surface area contributed by atoms with Gasteiger partial charge in [-0.05, 0) is 35.7 Å². The third-order valence-electron chi connectivity index (χ3n) is 3.17. The van der Waals surface area contributed by atoms with E-state index in [4.69, 9.17) is 11.6 Å². The standard InChI is InChI=1S/C16H16ClFN2O/c1-10(2)15(11-3-6-13(17)7-4-11)20-16(21)12-5-8-14(18)19-9-12/h3-10,15H,1-2H3,(H,20,21). The molecule has 0 saturated carbocycles. The van der Waals surface area contributed by atoms with Crippen LogP contribution in [0, 0.1) is 11.9 Å². The highest BCUT2D eigenvalue weighted by Gasteiger charge is 2.19. The summed E-state index contributed by atoms with van der Waals surface area (Å²) in [7, 11) is 0. The molecule has 1 unspecified atom stereocenters. The molecule has 21 heavy (non-hydrogen) atoms. The second-order valence-corrected chi connectivity index (χ2v) is 5.55. The Bertz CT molecular complexity index is 611. The highest BCUT2D eigenvalue weighted by atomic mass is 35.5. The molecular weight excluding hydrogens is 291 g/mol. The second kappa shape index (κ2) is 6.68. The van der Waals surface area contributed by atoms with Crippen LogP contribution in [0.2, 0.25) is 5.02 Å². The van der Waals surface area contributed by atoms with Gasteiger partial charge in [0, 0.05) is 11.2 Å². The first kappa shape index (κ1) is 15.4. The topological polar surface area (TPSA) is 42.0 Å². The van der Waals surface area contributed by atoms with Gasteiger partial charge < -0.3 is 5.32 Å². The second-order valence-electron chi connectivity index (χ2n) is 5.12.